The topological polar surface area (TPSA) is 41.6 Å². The molecule has 0 aliphatic carbocycles. The molecule has 0 unspecified atom stereocenters. The number of hydrogen-bond donors (Lipinski definition) is 1. The first-order chi connectivity index (χ1) is 6.86. The summed E-state index contributed by atoms with van der Waals surface area (Å²) in [6, 6.07) is 9.93. The second-order valence-electron chi connectivity index (χ2n) is 3.09. The van der Waals surface area contributed by atoms with Crippen LogP contribution in [0.15, 0.2) is 30.3 Å². The fourth-order valence-corrected chi connectivity index (χ4v) is 1.32. The van der Waals surface area contributed by atoms with Crippen LogP contribution in [0.4, 0.5) is 4.79 Å². The molecular formula is C10H12N2O2. The van der Waals surface area contributed by atoms with Gasteiger partial charge in [-0.05, 0) is 5.56 Å². The van der Waals surface area contributed by atoms with E-state index in [0.717, 1.165) is 5.56 Å². The quantitative estimate of drug-likeness (QED) is 0.780. The van der Waals surface area contributed by atoms with Gasteiger partial charge in [0.15, 0.2) is 0 Å². The molecule has 1 heterocycles. The average Bonchev–Trinajstić information content (AvgIpc) is 2.63. The molecule has 1 aliphatic rings. The van der Waals surface area contributed by atoms with E-state index in [1.54, 1.807) is 0 Å². The third-order valence-electron chi connectivity index (χ3n) is 2.08. The first-order valence-electron chi connectivity index (χ1n) is 4.58. The van der Waals surface area contributed by atoms with Gasteiger partial charge in [-0.2, -0.15) is 0 Å². The van der Waals surface area contributed by atoms with Gasteiger partial charge >= 0.3 is 6.09 Å². The third kappa shape index (κ3) is 2.03. The highest BCUT2D eigenvalue weighted by Gasteiger charge is 2.20. The number of cyclic esters (lactones) is 1. The van der Waals surface area contributed by atoms with Gasteiger partial charge in [0.05, 0.1) is 6.54 Å². The largest absolute Gasteiger partial charge is 0.447 e. The Kier molecular flexibility index (Phi) is 2.65. The van der Waals surface area contributed by atoms with Crippen molar-refractivity contribution in [3.05, 3.63) is 35.9 Å². The molecule has 0 radical (unpaired) electrons. The highest BCUT2D eigenvalue weighted by Crippen LogP contribution is 2.02. The minimum Gasteiger partial charge on any atom is -0.447 e. The van der Waals surface area contributed by atoms with Gasteiger partial charge in [0, 0.05) is 6.54 Å². The summed E-state index contributed by atoms with van der Waals surface area (Å²) in [7, 11) is 0. The van der Waals surface area contributed by atoms with Crippen LogP contribution in [-0.4, -0.2) is 24.3 Å². The highest BCUT2D eigenvalue weighted by molar-refractivity contribution is 5.68. The number of ether oxygens (including phenoxy) is 1. The summed E-state index contributed by atoms with van der Waals surface area (Å²) in [5.74, 6) is 0. The Bertz CT molecular complexity index is 313. The van der Waals surface area contributed by atoms with Crippen molar-refractivity contribution in [3.63, 3.8) is 0 Å². The molecule has 0 spiro atoms. The Labute approximate surface area is 82.4 Å². The number of hydrogen-bond acceptors (Lipinski definition) is 3. The summed E-state index contributed by atoms with van der Waals surface area (Å²) in [4.78, 5) is 11.0. The summed E-state index contributed by atoms with van der Waals surface area (Å²) >= 11 is 0. The molecular weight excluding hydrogens is 180 g/mol. The van der Waals surface area contributed by atoms with Crippen LogP contribution in [-0.2, 0) is 11.3 Å². The van der Waals surface area contributed by atoms with Crippen LogP contribution in [0.25, 0.3) is 0 Å². The Hall–Kier alpha value is -1.55. The van der Waals surface area contributed by atoms with E-state index in [9.17, 15) is 4.79 Å². The Morgan fingerprint density at radius 2 is 2.14 bits per heavy atom. The number of hydrazine groups is 1. The minimum absolute atomic E-state index is 0.291. The van der Waals surface area contributed by atoms with Crippen molar-refractivity contribution in [2.75, 3.05) is 13.2 Å². The van der Waals surface area contributed by atoms with E-state index in [0.29, 0.717) is 19.7 Å². The van der Waals surface area contributed by atoms with Crippen molar-refractivity contribution in [2.24, 2.45) is 0 Å². The maximum absolute atomic E-state index is 11.0. The Morgan fingerprint density at radius 1 is 1.36 bits per heavy atom. The van der Waals surface area contributed by atoms with Crippen LogP contribution in [0.3, 0.4) is 0 Å². The smallest absolute Gasteiger partial charge is 0.424 e. The summed E-state index contributed by atoms with van der Waals surface area (Å²) in [5.41, 5.74) is 4.15. The molecule has 1 amide bonds. The number of amides is 1. The van der Waals surface area contributed by atoms with E-state index in [1.165, 1.54) is 5.01 Å². The number of nitrogens with zero attached hydrogens (tertiary/aromatic N) is 1. The van der Waals surface area contributed by atoms with Gasteiger partial charge in [-0.25, -0.2) is 15.2 Å². The molecule has 0 atom stereocenters. The number of benzene rings is 1. The molecule has 1 saturated heterocycles. The van der Waals surface area contributed by atoms with Gasteiger partial charge in [-0.15, -0.1) is 0 Å². The van der Waals surface area contributed by atoms with Crippen molar-refractivity contribution in [2.45, 2.75) is 6.54 Å². The first kappa shape index (κ1) is 9.02. The predicted octanol–water partition coefficient (Wildman–Crippen LogP) is 1.14. The lowest BCUT2D eigenvalue weighted by molar-refractivity contribution is 0.145. The zero-order valence-corrected chi connectivity index (χ0v) is 7.77. The van der Waals surface area contributed by atoms with Gasteiger partial charge in [0.1, 0.15) is 6.61 Å². The third-order valence-corrected chi connectivity index (χ3v) is 2.08. The Morgan fingerprint density at radius 3 is 2.79 bits per heavy atom. The zero-order valence-electron chi connectivity index (χ0n) is 7.77. The lowest BCUT2D eigenvalue weighted by Crippen LogP contribution is -2.37. The predicted molar refractivity (Wildman–Crippen MR) is 51.3 cm³/mol. The maximum atomic E-state index is 11.0. The summed E-state index contributed by atoms with van der Waals surface area (Å²) in [6.45, 7) is 1.74. The van der Waals surface area contributed by atoms with Crippen molar-refractivity contribution in [3.8, 4) is 0 Å². The lowest BCUT2D eigenvalue weighted by atomic mass is 10.2. The Balaban J connectivity index is 1.85. The van der Waals surface area contributed by atoms with Crippen molar-refractivity contribution >= 4 is 6.09 Å². The molecule has 2 rings (SSSR count). The average molecular weight is 192 g/mol. The number of carbonyl (C=O) groups excluding carboxylic acids is 1. The van der Waals surface area contributed by atoms with E-state index in [1.807, 2.05) is 30.3 Å². The van der Waals surface area contributed by atoms with E-state index >= 15 is 0 Å². The molecule has 1 aliphatic heterocycles. The molecule has 0 aromatic heterocycles. The number of carbonyl (C=O) groups is 1. The van der Waals surface area contributed by atoms with Gasteiger partial charge < -0.3 is 4.74 Å². The highest BCUT2D eigenvalue weighted by atomic mass is 16.6. The lowest BCUT2D eigenvalue weighted by Gasteiger charge is -2.13. The van der Waals surface area contributed by atoms with Gasteiger partial charge in [-0.1, -0.05) is 30.3 Å². The van der Waals surface area contributed by atoms with E-state index in [2.05, 4.69) is 5.43 Å². The SMILES string of the molecule is O=C1OCCN1NCc1ccccc1. The summed E-state index contributed by atoms with van der Waals surface area (Å²) in [6.07, 6.45) is -0.291. The monoisotopic (exact) mass is 192 g/mol. The second-order valence-corrected chi connectivity index (χ2v) is 3.09. The van der Waals surface area contributed by atoms with E-state index < -0.39 is 0 Å². The maximum Gasteiger partial charge on any atom is 0.424 e. The van der Waals surface area contributed by atoms with Crippen LogP contribution in [0.1, 0.15) is 5.56 Å². The second kappa shape index (κ2) is 4.11. The van der Waals surface area contributed by atoms with Crippen molar-refractivity contribution < 1.29 is 9.53 Å². The molecule has 14 heavy (non-hydrogen) atoms. The van der Waals surface area contributed by atoms with Crippen LogP contribution >= 0.6 is 0 Å². The molecule has 74 valence electrons. The van der Waals surface area contributed by atoms with Gasteiger partial charge in [0.2, 0.25) is 0 Å². The fraction of sp³-hybridized carbons (Fsp3) is 0.300. The van der Waals surface area contributed by atoms with Crippen LogP contribution in [0.5, 0.6) is 0 Å². The molecule has 1 aromatic rings. The summed E-state index contributed by atoms with van der Waals surface area (Å²) < 4.78 is 4.78. The van der Waals surface area contributed by atoms with Gasteiger partial charge in [0.25, 0.3) is 0 Å². The molecule has 4 nitrogen and oxygen atoms in total. The fourth-order valence-electron chi connectivity index (χ4n) is 1.32. The molecule has 1 N–H and O–H groups in total. The van der Waals surface area contributed by atoms with E-state index in [4.69, 9.17) is 4.74 Å². The van der Waals surface area contributed by atoms with Crippen LogP contribution in [0.2, 0.25) is 0 Å². The van der Waals surface area contributed by atoms with Crippen LogP contribution in [0, 0.1) is 0 Å². The standard InChI is InChI=1S/C10H12N2O2/c13-10-12(6-7-14-10)11-8-9-4-2-1-3-5-9/h1-5,11H,6-8H2. The van der Waals surface area contributed by atoms with Crippen molar-refractivity contribution in [1.29, 1.82) is 0 Å². The molecule has 4 heteroatoms. The number of nitrogens with one attached hydrogen (secondary N) is 1. The normalized spacial score (nSPS) is 15.7. The van der Waals surface area contributed by atoms with Gasteiger partial charge in [-0.3, -0.25) is 0 Å². The van der Waals surface area contributed by atoms with Crippen molar-refractivity contribution in [1.82, 2.24) is 10.4 Å². The summed E-state index contributed by atoms with van der Waals surface area (Å²) in [5, 5.41) is 1.49. The molecule has 1 fully saturated rings. The first-order valence-corrected chi connectivity index (χ1v) is 4.58. The number of rotatable bonds is 3. The zero-order chi connectivity index (χ0) is 9.80. The molecule has 0 bridgehead atoms. The minimum atomic E-state index is -0.291. The molecule has 1 aromatic carbocycles. The van der Waals surface area contributed by atoms with E-state index in [-0.39, 0.29) is 6.09 Å². The van der Waals surface area contributed by atoms with Crippen LogP contribution < -0.4 is 5.43 Å². The molecule has 0 saturated carbocycles.